The molecule has 0 saturated carbocycles. The van der Waals surface area contributed by atoms with Gasteiger partial charge in [0.15, 0.2) is 0 Å². The normalized spacial score (nSPS) is 23.2. The second kappa shape index (κ2) is 5.18. The van der Waals surface area contributed by atoms with E-state index < -0.39 is 0 Å². The third-order valence-electron chi connectivity index (χ3n) is 2.29. The summed E-state index contributed by atoms with van der Waals surface area (Å²) in [6.07, 6.45) is 0.141. The van der Waals surface area contributed by atoms with Crippen molar-refractivity contribution in [2.45, 2.75) is 12.6 Å². The Morgan fingerprint density at radius 3 is 3.13 bits per heavy atom. The number of nitrogens with zero attached hydrogens (tertiary/aromatic N) is 3. The summed E-state index contributed by atoms with van der Waals surface area (Å²) in [6, 6.07) is 0. The Morgan fingerprint density at radius 2 is 2.47 bits per heavy atom. The summed E-state index contributed by atoms with van der Waals surface area (Å²) in [5.41, 5.74) is 5.56. The summed E-state index contributed by atoms with van der Waals surface area (Å²) >= 11 is 7.14. The van der Waals surface area contributed by atoms with E-state index in [0.717, 1.165) is 31.2 Å². The van der Waals surface area contributed by atoms with Gasteiger partial charge in [-0.1, -0.05) is 11.3 Å². The average Bonchev–Trinajstić information content (AvgIpc) is 2.64. The third kappa shape index (κ3) is 3.09. The summed E-state index contributed by atoms with van der Waals surface area (Å²) in [6.45, 7) is 3.84. The lowest BCUT2D eigenvalue weighted by Gasteiger charge is -2.31. The molecule has 1 aliphatic rings. The van der Waals surface area contributed by atoms with Gasteiger partial charge in [0, 0.05) is 19.6 Å². The Morgan fingerprint density at radius 1 is 1.60 bits per heavy atom. The van der Waals surface area contributed by atoms with E-state index in [9.17, 15) is 0 Å². The summed E-state index contributed by atoms with van der Waals surface area (Å²) in [4.78, 5) is 2.26. The molecular weight excluding hydrogens is 236 g/mol. The second-order valence-corrected chi connectivity index (χ2v) is 5.06. The van der Waals surface area contributed by atoms with Crippen LogP contribution >= 0.6 is 22.9 Å². The van der Waals surface area contributed by atoms with Crippen molar-refractivity contribution in [2.75, 3.05) is 26.2 Å². The standard InChI is InChI=1S/C8H13ClN4OS/c9-8-12-11-7(15-8)5-13-1-2-14-6(3-10)4-13/h6H,1-5,10H2. The molecular formula is C8H13ClN4OS. The van der Waals surface area contributed by atoms with Crippen molar-refractivity contribution < 1.29 is 4.74 Å². The zero-order valence-corrected chi connectivity index (χ0v) is 9.80. The van der Waals surface area contributed by atoms with Crippen molar-refractivity contribution in [3.05, 3.63) is 9.47 Å². The van der Waals surface area contributed by atoms with Crippen LogP contribution in [0.2, 0.25) is 4.47 Å². The molecule has 0 bridgehead atoms. The number of morpholine rings is 1. The van der Waals surface area contributed by atoms with E-state index in [0.29, 0.717) is 11.0 Å². The third-order valence-corrected chi connectivity index (χ3v) is 3.29. The summed E-state index contributed by atoms with van der Waals surface area (Å²) in [5.74, 6) is 0. The van der Waals surface area contributed by atoms with E-state index in [1.165, 1.54) is 11.3 Å². The monoisotopic (exact) mass is 248 g/mol. The van der Waals surface area contributed by atoms with Crippen LogP contribution in [0.15, 0.2) is 0 Å². The van der Waals surface area contributed by atoms with Crippen molar-refractivity contribution >= 4 is 22.9 Å². The number of hydrogen-bond acceptors (Lipinski definition) is 6. The maximum atomic E-state index is 5.72. The molecule has 2 heterocycles. The predicted octanol–water partition coefficient (Wildman–Crippen LogP) is 0.351. The summed E-state index contributed by atoms with van der Waals surface area (Å²) in [7, 11) is 0. The Hall–Kier alpha value is -0.270. The molecule has 1 fully saturated rings. The Bertz CT molecular complexity index is 321. The van der Waals surface area contributed by atoms with Gasteiger partial charge in [0.2, 0.25) is 4.47 Å². The highest BCUT2D eigenvalue weighted by molar-refractivity contribution is 7.15. The van der Waals surface area contributed by atoms with Crippen LogP contribution in [0, 0.1) is 0 Å². The molecule has 5 nitrogen and oxygen atoms in total. The van der Waals surface area contributed by atoms with Gasteiger partial charge in [0.05, 0.1) is 19.3 Å². The zero-order chi connectivity index (χ0) is 10.7. The summed E-state index contributed by atoms with van der Waals surface area (Å²) in [5, 5.41) is 8.70. The fourth-order valence-electron chi connectivity index (χ4n) is 1.55. The molecule has 1 atom stereocenters. The van der Waals surface area contributed by atoms with Crippen LogP contribution in [0.25, 0.3) is 0 Å². The molecule has 0 radical (unpaired) electrons. The highest BCUT2D eigenvalue weighted by Crippen LogP contribution is 2.17. The topological polar surface area (TPSA) is 64.3 Å². The lowest BCUT2D eigenvalue weighted by atomic mass is 10.3. The molecule has 7 heteroatoms. The van der Waals surface area contributed by atoms with Gasteiger partial charge in [-0.25, -0.2) is 0 Å². The molecule has 1 aromatic heterocycles. The molecule has 1 aromatic rings. The van der Waals surface area contributed by atoms with Crippen LogP contribution in [-0.4, -0.2) is 47.4 Å². The van der Waals surface area contributed by atoms with Crippen LogP contribution < -0.4 is 5.73 Å². The van der Waals surface area contributed by atoms with Gasteiger partial charge in [-0.3, -0.25) is 4.90 Å². The maximum Gasteiger partial charge on any atom is 0.207 e. The predicted molar refractivity (Wildman–Crippen MR) is 59.0 cm³/mol. The zero-order valence-electron chi connectivity index (χ0n) is 8.23. The molecule has 1 unspecified atom stereocenters. The minimum Gasteiger partial charge on any atom is -0.374 e. The van der Waals surface area contributed by atoms with E-state index in [1.54, 1.807) is 0 Å². The molecule has 0 amide bonds. The molecule has 2 rings (SSSR count). The van der Waals surface area contributed by atoms with Gasteiger partial charge >= 0.3 is 0 Å². The number of hydrogen-bond donors (Lipinski definition) is 1. The number of ether oxygens (including phenoxy) is 1. The number of halogens is 1. The van der Waals surface area contributed by atoms with Gasteiger partial charge in [-0.05, 0) is 11.6 Å². The first-order chi connectivity index (χ1) is 7.28. The SMILES string of the molecule is NCC1CN(Cc2nnc(Cl)s2)CCO1. The van der Waals surface area contributed by atoms with Gasteiger partial charge in [-0.15, -0.1) is 10.2 Å². The van der Waals surface area contributed by atoms with E-state index in [-0.39, 0.29) is 6.10 Å². The lowest BCUT2D eigenvalue weighted by molar-refractivity contribution is -0.0261. The maximum absolute atomic E-state index is 5.72. The van der Waals surface area contributed by atoms with Gasteiger partial charge < -0.3 is 10.5 Å². The highest BCUT2D eigenvalue weighted by atomic mass is 35.5. The van der Waals surface area contributed by atoms with Crippen LogP contribution in [0.5, 0.6) is 0 Å². The average molecular weight is 249 g/mol. The largest absolute Gasteiger partial charge is 0.374 e. The molecule has 0 aliphatic carbocycles. The van der Waals surface area contributed by atoms with E-state index in [1.807, 2.05) is 0 Å². The van der Waals surface area contributed by atoms with Gasteiger partial charge in [0.25, 0.3) is 0 Å². The second-order valence-electron chi connectivity index (χ2n) is 3.41. The van der Waals surface area contributed by atoms with Crippen LogP contribution in [0.3, 0.4) is 0 Å². The highest BCUT2D eigenvalue weighted by Gasteiger charge is 2.20. The van der Waals surface area contributed by atoms with Crippen molar-refractivity contribution in [3.8, 4) is 0 Å². The van der Waals surface area contributed by atoms with E-state index in [4.69, 9.17) is 22.1 Å². The van der Waals surface area contributed by atoms with Crippen LogP contribution in [0.4, 0.5) is 0 Å². The molecule has 0 aromatic carbocycles. The lowest BCUT2D eigenvalue weighted by Crippen LogP contribution is -2.45. The van der Waals surface area contributed by atoms with Crippen molar-refractivity contribution in [3.63, 3.8) is 0 Å². The van der Waals surface area contributed by atoms with Crippen molar-refractivity contribution in [2.24, 2.45) is 5.73 Å². The molecule has 1 saturated heterocycles. The van der Waals surface area contributed by atoms with Gasteiger partial charge in [0.1, 0.15) is 5.01 Å². The Labute approximate surface area is 97.2 Å². The fourth-order valence-corrected chi connectivity index (χ4v) is 2.46. The minimum absolute atomic E-state index is 0.141. The van der Waals surface area contributed by atoms with Crippen molar-refractivity contribution in [1.29, 1.82) is 0 Å². The van der Waals surface area contributed by atoms with E-state index in [2.05, 4.69) is 15.1 Å². The van der Waals surface area contributed by atoms with Gasteiger partial charge in [-0.2, -0.15) is 0 Å². The first kappa shape index (κ1) is 11.2. The summed E-state index contributed by atoms with van der Waals surface area (Å²) < 4.78 is 5.97. The van der Waals surface area contributed by atoms with E-state index >= 15 is 0 Å². The molecule has 84 valence electrons. The first-order valence-corrected chi connectivity index (χ1v) is 5.99. The fraction of sp³-hybridized carbons (Fsp3) is 0.750. The van der Waals surface area contributed by atoms with Crippen molar-refractivity contribution in [1.82, 2.24) is 15.1 Å². The molecule has 1 aliphatic heterocycles. The molecule has 2 N–H and O–H groups in total. The van der Waals surface area contributed by atoms with Crippen LogP contribution in [0.1, 0.15) is 5.01 Å². The number of nitrogens with two attached hydrogens (primary N) is 1. The molecule has 15 heavy (non-hydrogen) atoms. The quantitative estimate of drug-likeness (QED) is 0.836. The number of rotatable bonds is 3. The smallest absolute Gasteiger partial charge is 0.207 e. The number of aromatic nitrogens is 2. The first-order valence-electron chi connectivity index (χ1n) is 4.80. The Balaban J connectivity index is 1.88. The van der Waals surface area contributed by atoms with Crippen LogP contribution in [-0.2, 0) is 11.3 Å². The minimum atomic E-state index is 0.141. The molecule has 0 spiro atoms. The Kier molecular flexibility index (Phi) is 3.87.